The van der Waals surface area contributed by atoms with Crippen molar-refractivity contribution in [2.75, 3.05) is 20.1 Å². The van der Waals surface area contributed by atoms with Gasteiger partial charge in [-0.1, -0.05) is 5.16 Å². The summed E-state index contributed by atoms with van der Waals surface area (Å²) in [7, 11) is 3.51. The number of amides is 2. The summed E-state index contributed by atoms with van der Waals surface area (Å²) in [6.45, 7) is 3.07. The maximum absolute atomic E-state index is 12.8. The first-order valence-corrected chi connectivity index (χ1v) is 9.30. The van der Waals surface area contributed by atoms with Crippen LogP contribution in [-0.2, 0) is 26.4 Å². The molecule has 0 atom stereocenters. The molecular formula is C18H22N8O3. The number of fused-ring (bicyclic) bond motifs is 1. The van der Waals surface area contributed by atoms with Crippen LogP contribution in [0, 0.1) is 6.92 Å². The van der Waals surface area contributed by atoms with Crippen molar-refractivity contribution < 1.29 is 14.1 Å². The number of nitrogens with zero attached hydrogens (tertiary/aromatic N) is 7. The highest BCUT2D eigenvalue weighted by Crippen LogP contribution is 2.22. The van der Waals surface area contributed by atoms with Crippen LogP contribution >= 0.6 is 0 Å². The van der Waals surface area contributed by atoms with Crippen molar-refractivity contribution in [3.63, 3.8) is 0 Å². The molecule has 1 N–H and O–H groups in total. The van der Waals surface area contributed by atoms with Gasteiger partial charge in [0.05, 0.1) is 24.8 Å². The third-order valence-corrected chi connectivity index (χ3v) is 5.05. The molecule has 0 saturated carbocycles. The lowest BCUT2D eigenvalue weighted by Gasteiger charge is -2.27. The van der Waals surface area contributed by atoms with Crippen LogP contribution in [0.5, 0.6) is 0 Å². The summed E-state index contributed by atoms with van der Waals surface area (Å²) in [5.74, 6) is 0.802. The fourth-order valence-corrected chi connectivity index (χ4v) is 3.39. The summed E-state index contributed by atoms with van der Waals surface area (Å²) in [4.78, 5) is 37.0. The van der Waals surface area contributed by atoms with Crippen LogP contribution in [0.2, 0.25) is 0 Å². The number of carbonyl (C=O) groups excluding carboxylic acids is 2. The molecule has 4 rings (SSSR count). The highest BCUT2D eigenvalue weighted by molar-refractivity contribution is 5.95. The van der Waals surface area contributed by atoms with Crippen LogP contribution < -0.4 is 0 Å². The quantitative estimate of drug-likeness (QED) is 0.657. The number of rotatable bonds is 5. The molecule has 0 unspecified atom stereocenters. The lowest BCUT2D eigenvalue weighted by atomic mass is 10.0. The normalized spacial score (nSPS) is 13.4. The molecule has 0 radical (unpaired) electrons. The molecule has 11 heteroatoms. The van der Waals surface area contributed by atoms with Crippen LogP contribution in [0.1, 0.15) is 43.9 Å². The van der Waals surface area contributed by atoms with E-state index >= 15 is 0 Å². The number of aromatic nitrogens is 6. The van der Waals surface area contributed by atoms with E-state index in [4.69, 9.17) is 4.52 Å². The molecule has 1 aliphatic heterocycles. The Bertz CT molecular complexity index is 1050. The first kappa shape index (κ1) is 18.8. The molecule has 0 spiro atoms. The Balaban J connectivity index is 1.42. The van der Waals surface area contributed by atoms with Gasteiger partial charge in [-0.25, -0.2) is 4.98 Å². The van der Waals surface area contributed by atoms with E-state index in [2.05, 4.69) is 25.3 Å². The van der Waals surface area contributed by atoms with Crippen LogP contribution in [0.15, 0.2) is 17.0 Å². The summed E-state index contributed by atoms with van der Waals surface area (Å²) >= 11 is 0. The molecule has 152 valence electrons. The molecule has 0 fully saturated rings. The van der Waals surface area contributed by atoms with Gasteiger partial charge in [-0.05, 0) is 6.42 Å². The van der Waals surface area contributed by atoms with Crippen molar-refractivity contribution in [3.05, 3.63) is 46.9 Å². The topological polar surface area (TPSA) is 126 Å². The van der Waals surface area contributed by atoms with Crippen molar-refractivity contribution in [3.8, 4) is 0 Å². The number of likely N-dealkylation sites (N-methyl/N-ethyl adjacent to an activating group) is 1. The van der Waals surface area contributed by atoms with E-state index in [1.54, 1.807) is 47.9 Å². The zero-order valence-corrected chi connectivity index (χ0v) is 16.5. The van der Waals surface area contributed by atoms with E-state index < -0.39 is 0 Å². The number of hydrogen-bond donors (Lipinski definition) is 1. The molecule has 0 saturated heterocycles. The minimum Gasteiger partial charge on any atom is -0.340 e. The van der Waals surface area contributed by atoms with Crippen LogP contribution in [0.4, 0.5) is 0 Å². The third kappa shape index (κ3) is 3.62. The van der Waals surface area contributed by atoms with E-state index in [0.717, 1.165) is 11.3 Å². The third-order valence-electron chi connectivity index (χ3n) is 5.05. The maximum atomic E-state index is 12.8. The maximum Gasteiger partial charge on any atom is 0.274 e. The average molecular weight is 398 g/mol. The van der Waals surface area contributed by atoms with Crippen molar-refractivity contribution in [1.29, 1.82) is 0 Å². The van der Waals surface area contributed by atoms with Gasteiger partial charge in [0.1, 0.15) is 5.69 Å². The number of aromatic amines is 1. The Labute approximate surface area is 166 Å². The first-order valence-electron chi connectivity index (χ1n) is 9.30. The minimum absolute atomic E-state index is 0.0920. The second-order valence-corrected chi connectivity index (χ2v) is 7.10. The predicted octanol–water partition coefficient (Wildman–Crippen LogP) is 0.348. The fourth-order valence-electron chi connectivity index (χ4n) is 3.39. The van der Waals surface area contributed by atoms with Gasteiger partial charge in [-0.15, -0.1) is 0 Å². The number of imidazole rings is 1. The molecule has 0 bridgehead atoms. The zero-order valence-electron chi connectivity index (χ0n) is 16.5. The monoisotopic (exact) mass is 398 g/mol. The molecule has 3 aromatic rings. The summed E-state index contributed by atoms with van der Waals surface area (Å²) in [6.07, 6.45) is 4.22. The van der Waals surface area contributed by atoms with E-state index in [1.165, 1.54) is 0 Å². The summed E-state index contributed by atoms with van der Waals surface area (Å²) in [5, 5.41) is 11.0. The highest BCUT2D eigenvalue weighted by atomic mass is 16.5. The van der Waals surface area contributed by atoms with Crippen LogP contribution in [0.25, 0.3) is 0 Å². The Morgan fingerprint density at radius 1 is 1.38 bits per heavy atom. The van der Waals surface area contributed by atoms with Gasteiger partial charge in [0.2, 0.25) is 5.89 Å². The second-order valence-electron chi connectivity index (χ2n) is 7.10. The molecule has 2 amide bonds. The van der Waals surface area contributed by atoms with Crippen LogP contribution in [-0.4, -0.2) is 71.6 Å². The van der Waals surface area contributed by atoms with Crippen molar-refractivity contribution in [2.45, 2.75) is 26.3 Å². The molecule has 29 heavy (non-hydrogen) atoms. The van der Waals surface area contributed by atoms with E-state index in [1.807, 2.05) is 0 Å². The van der Waals surface area contributed by atoms with Gasteiger partial charge in [-0.2, -0.15) is 10.1 Å². The molecule has 1 aliphatic rings. The standard InChI is InChI=1S/C18H22N8O3/c1-11-20-15(23-29-11)5-6-24(2)18(28)16-12-4-7-26(9-13(12)21-22-16)17(27)14-8-19-10-25(14)3/h8,10H,4-7,9H2,1-3H3,(H,21,22). The van der Waals surface area contributed by atoms with Gasteiger partial charge >= 0.3 is 0 Å². The smallest absolute Gasteiger partial charge is 0.274 e. The molecule has 0 aromatic carbocycles. The first-order chi connectivity index (χ1) is 13.9. The largest absolute Gasteiger partial charge is 0.340 e. The summed E-state index contributed by atoms with van der Waals surface area (Å²) < 4.78 is 6.64. The van der Waals surface area contributed by atoms with Crippen LogP contribution in [0.3, 0.4) is 0 Å². The Hall–Kier alpha value is -3.50. The number of nitrogens with one attached hydrogen (secondary N) is 1. The van der Waals surface area contributed by atoms with Crippen molar-refractivity contribution in [2.24, 2.45) is 7.05 Å². The Morgan fingerprint density at radius 3 is 2.90 bits per heavy atom. The lowest BCUT2D eigenvalue weighted by Crippen LogP contribution is -2.37. The van der Waals surface area contributed by atoms with Gasteiger partial charge in [0.25, 0.3) is 11.8 Å². The average Bonchev–Trinajstić information content (AvgIpc) is 3.44. The van der Waals surface area contributed by atoms with Crippen molar-refractivity contribution in [1.82, 2.24) is 39.7 Å². The SMILES string of the molecule is Cc1nc(CCN(C)C(=O)c2n[nH]c3c2CCN(C(=O)c2cncn2C)C3)no1. The van der Waals surface area contributed by atoms with Gasteiger partial charge in [-0.3, -0.25) is 14.7 Å². The van der Waals surface area contributed by atoms with E-state index in [0.29, 0.717) is 55.6 Å². The highest BCUT2D eigenvalue weighted by Gasteiger charge is 2.29. The molecular weight excluding hydrogens is 376 g/mol. The van der Waals surface area contributed by atoms with E-state index in [9.17, 15) is 9.59 Å². The van der Waals surface area contributed by atoms with Gasteiger partial charge < -0.3 is 18.9 Å². The summed E-state index contributed by atoms with van der Waals surface area (Å²) in [6, 6.07) is 0. The lowest BCUT2D eigenvalue weighted by molar-refractivity contribution is 0.0722. The summed E-state index contributed by atoms with van der Waals surface area (Å²) in [5.41, 5.74) is 2.59. The zero-order chi connectivity index (χ0) is 20.5. The molecule has 11 nitrogen and oxygen atoms in total. The molecule has 0 aliphatic carbocycles. The Kier molecular flexibility index (Phi) is 4.87. The fraction of sp³-hybridized carbons (Fsp3) is 0.444. The molecule has 4 heterocycles. The van der Waals surface area contributed by atoms with E-state index in [-0.39, 0.29) is 11.8 Å². The number of carbonyl (C=O) groups is 2. The van der Waals surface area contributed by atoms with Crippen molar-refractivity contribution >= 4 is 11.8 Å². The second kappa shape index (κ2) is 7.49. The minimum atomic E-state index is -0.172. The Morgan fingerprint density at radius 2 is 2.21 bits per heavy atom. The molecule has 3 aromatic heterocycles. The number of H-pyrrole nitrogens is 1. The number of aryl methyl sites for hydroxylation is 2. The van der Waals surface area contributed by atoms with Gasteiger partial charge in [0.15, 0.2) is 11.5 Å². The predicted molar refractivity (Wildman–Crippen MR) is 99.9 cm³/mol. The van der Waals surface area contributed by atoms with Gasteiger partial charge in [0, 0.05) is 46.1 Å². The number of hydrogen-bond acceptors (Lipinski definition) is 7.